The van der Waals surface area contributed by atoms with Crippen LogP contribution < -0.4 is 5.32 Å². The summed E-state index contributed by atoms with van der Waals surface area (Å²) in [5, 5.41) is 2.59. The third-order valence-electron chi connectivity index (χ3n) is 2.22. The van der Waals surface area contributed by atoms with Crippen LogP contribution in [0.15, 0.2) is 29.2 Å². The third-order valence-corrected chi connectivity index (χ3v) is 4.39. The first-order valence-electron chi connectivity index (χ1n) is 5.05. The van der Waals surface area contributed by atoms with Crippen LogP contribution in [-0.2, 0) is 14.6 Å². The van der Waals surface area contributed by atoms with Gasteiger partial charge in [0.1, 0.15) is 6.73 Å². The summed E-state index contributed by atoms with van der Waals surface area (Å²) in [5.74, 6) is 0. The molecule has 0 radical (unpaired) electrons. The van der Waals surface area contributed by atoms with Crippen LogP contribution in [0.2, 0.25) is 0 Å². The molecule has 4 nitrogen and oxygen atoms in total. The van der Waals surface area contributed by atoms with Gasteiger partial charge < -0.3 is 10.1 Å². The van der Waals surface area contributed by atoms with Gasteiger partial charge in [-0.3, -0.25) is 0 Å². The molecule has 0 saturated carbocycles. The average Bonchev–Trinajstić information content (AvgIpc) is 2.26. The highest BCUT2D eigenvalue weighted by Gasteiger charge is 2.18. The maximum absolute atomic E-state index is 11.8. The predicted molar refractivity (Wildman–Crippen MR) is 64.3 cm³/mol. The van der Waals surface area contributed by atoms with E-state index < -0.39 is 15.1 Å². The molecule has 0 atom stereocenters. The van der Waals surface area contributed by atoms with Crippen molar-refractivity contribution in [3.8, 4) is 0 Å². The van der Waals surface area contributed by atoms with Gasteiger partial charge in [0.25, 0.3) is 0 Å². The number of hydrogen-bond acceptors (Lipinski definition) is 4. The van der Waals surface area contributed by atoms with E-state index in [9.17, 15) is 8.42 Å². The third kappa shape index (κ3) is 2.96. The lowest BCUT2D eigenvalue weighted by molar-refractivity contribution is 0.221. The second-order valence-corrected chi connectivity index (χ2v) is 6.23. The van der Waals surface area contributed by atoms with E-state index in [0.717, 1.165) is 5.69 Å². The number of hydrogen-bond donors (Lipinski definition) is 1. The van der Waals surface area contributed by atoms with Gasteiger partial charge >= 0.3 is 0 Å². The SMILES string of the molecule is COCNc1ccc(S(=O)(=O)C(C)C)cc1. The second-order valence-electron chi connectivity index (χ2n) is 3.73. The van der Waals surface area contributed by atoms with Gasteiger partial charge in [-0.1, -0.05) is 0 Å². The van der Waals surface area contributed by atoms with Crippen molar-refractivity contribution in [3.05, 3.63) is 24.3 Å². The topological polar surface area (TPSA) is 55.4 Å². The van der Waals surface area contributed by atoms with Crippen LogP contribution in [-0.4, -0.2) is 27.5 Å². The van der Waals surface area contributed by atoms with Gasteiger partial charge in [-0.05, 0) is 38.1 Å². The monoisotopic (exact) mass is 243 g/mol. The van der Waals surface area contributed by atoms with Crippen molar-refractivity contribution in [2.24, 2.45) is 0 Å². The standard InChI is InChI=1S/C11H17NO3S/c1-9(2)16(13,14)11-6-4-10(5-7-11)12-8-15-3/h4-7,9,12H,8H2,1-3H3. The minimum absolute atomic E-state index is 0.352. The van der Waals surface area contributed by atoms with Crippen LogP contribution in [0.4, 0.5) is 5.69 Å². The van der Waals surface area contributed by atoms with Crippen LogP contribution in [0.25, 0.3) is 0 Å². The molecule has 0 aliphatic carbocycles. The van der Waals surface area contributed by atoms with Crippen molar-refractivity contribution < 1.29 is 13.2 Å². The maximum Gasteiger partial charge on any atom is 0.180 e. The molecule has 90 valence electrons. The quantitative estimate of drug-likeness (QED) is 0.802. The first-order valence-corrected chi connectivity index (χ1v) is 6.60. The first-order chi connectivity index (χ1) is 7.48. The van der Waals surface area contributed by atoms with Crippen LogP contribution in [0.5, 0.6) is 0 Å². The molecule has 1 aromatic rings. The minimum atomic E-state index is -3.17. The molecule has 1 aromatic carbocycles. The van der Waals surface area contributed by atoms with E-state index >= 15 is 0 Å². The van der Waals surface area contributed by atoms with E-state index in [2.05, 4.69) is 5.32 Å². The summed E-state index contributed by atoms with van der Waals surface area (Å²) in [4.78, 5) is 0.352. The molecule has 0 aliphatic rings. The van der Waals surface area contributed by atoms with E-state index in [1.54, 1.807) is 45.2 Å². The Morgan fingerprint density at radius 3 is 2.25 bits per heavy atom. The van der Waals surface area contributed by atoms with Crippen molar-refractivity contribution >= 4 is 15.5 Å². The van der Waals surface area contributed by atoms with Crippen molar-refractivity contribution in [1.29, 1.82) is 0 Å². The Morgan fingerprint density at radius 2 is 1.81 bits per heavy atom. The van der Waals surface area contributed by atoms with Gasteiger partial charge in [0.05, 0.1) is 10.1 Å². The molecule has 16 heavy (non-hydrogen) atoms. The number of anilines is 1. The molecule has 0 bridgehead atoms. The molecule has 0 aromatic heterocycles. The zero-order valence-corrected chi connectivity index (χ0v) is 10.5. The predicted octanol–water partition coefficient (Wildman–Crippen LogP) is 1.88. The Kier molecular flexibility index (Phi) is 4.32. The fourth-order valence-electron chi connectivity index (χ4n) is 1.19. The molecule has 0 spiro atoms. The average molecular weight is 243 g/mol. The number of ether oxygens (including phenoxy) is 1. The Hall–Kier alpha value is -1.07. The van der Waals surface area contributed by atoms with Crippen LogP contribution in [0.3, 0.4) is 0 Å². The largest absolute Gasteiger partial charge is 0.365 e. The Bertz CT molecular complexity index is 423. The lowest BCUT2D eigenvalue weighted by Gasteiger charge is -2.09. The van der Waals surface area contributed by atoms with Gasteiger partial charge in [0.2, 0.25) is 0 Å². The molecule has 0 unspecified atom stereocenters. The summed E-state index contributed by atoms with van der Waals surface area (Å²) in [6.07, 6.45) is 0. The first kappa shape index (κ1) is 13.0. The van der Waals surface area contributed by atoms with Gasteiger partial charge in [0, 0.05) is 12.8 Å². The number of benzene rings is 1. The minimum Gasteiger partial charge on any atom is -0.365 e. The van der Waals surface area contributed by atoms with Crippen molar-refractivity contribution in [1.82, 2.24) is 0 Å². The fraction of sp³-hybridized carbons (Fsp3) is 0.455. The zero-order chi connectivity index (χ0) is 12.2. The van der Waals surface area contributed by atoms with Gasteiger partial charge in [-0.25, -0.2) is 8.42 Å². The van der Waals surface area contributed by atoms with Crippen molar-refractivity contribution in [3.63, 3.8) is 0 Å². The molecule has 0 amide bonds. The summed E-state index contributed by atoms with van der Waals surface area (Å²) < 4.78 is 28.5. The van der Waals surface area contributed by atoms with Crippen LogP contribution >= 0.6 is 0 Å². The number of nitrogens with one attached hydrogen (secondary N) is 1. The van der Waals surface area contributed by atoms with E-state index in [0.29, 0.717) is 11.6 Å². The second kappa shape index (κ2) is 5.32. The van der Waals surface area contributed by atoms with Gasteiger partial charge in [-0.15, -0.1) is 0 Å². The molecule has 1 rings (SSSR count). The highest BCUT2D eigenvalue weighted by Crippen LogP contribution is 2.18. The normalized spacial score (nSPS) is 11.8. The summed E-state index contributed by atoms with van der Waals surface area (Å²) in [6, 6.07) is 6.67. The summed E-state index contributed by atoms with van der Waals surface area (Å²) in [6.45, 7) is 3.75. The molecular formula is C11H17NO3S. The Morgan fingerprint density at radius 1 is 1.25 bits per heavy atom. The molecule has 0 saturated heterocycles. The fourth-order valence-corrected chi connectivity index (χ4v) is 2.25. The smallest absolute Gasteiger partial charge is 0.180 e. The summed E-state index contributed by atoms with van der Waals surface area (Å²) in [5.41, 5.74) is 0.838. The van der Waals surface area contributed by atoms with E-state index in [-0.39, 0.29) is 0 Å². The lowest BCUT2D eigenvalue weighted by Crippen LogP contribution is -2.14. The number of rotatable bonds is 5. The van der Waals surface area contributed by atoms with Gasteiger partial charge in [-0.2, -0.15) is 0 Å². The van der Waals surface area contributed by atoms with Gasteiger partial charge in [0.15, 0.2) is 9.84 Å². The summed E-state index contributed by atoms with van der Waals surface area (Å²) >= 11 is 0. The zero-order valence-electron chi connectivity index (χ0n) is 9.73. The Labute approximate surface area is 96.5 Å². The molecule has 0 heterocycles. The summed E-state index contributed by atoms with van der Waals surface area (Å²) in [7, 11) is -1.59. The lowest BCUT2D eigenvalue weighted by atomic mass is 10.3. The van der Waals surface area contributed by atoms with Crippen molar-refractivity contribution in [2.45, 2.75) is 24.0 Å². The highest BCUT2D eigenvalue weighted by molar-refractivity contribution is 7.92. The molecule has 0 fully saturated rings. The number of sulfone groups is 1. The van der Waals surface area contributed by atoms with Crippen LogP contribution in [0.1, 0.15) is 13.8 Å². The van der Waals surface area contributed by atoms with Crippen molar-refractivity contribution in [2.75, 3.05) is 19.2 Å². The number of methoxy groups -OCH3 is 1. The highest BCUT2D eigenvalue weighted by atomic mass is 32.2. The Balaban J connectivity index is 2.87. The molecular weight excluding hydrogens is 226 g/mol. The molecule has 0 aliphatic heterocycles. The van der Waals surface area contributed by atoms with E-state index in [4.69, 9.17) is 4.74 Å². The molecule has 5 heteroatoms. The van der Waals surface area contributed by atoms with E-state index in [1.807, 2.05) is 0 Å². The van der Waals surface area contributed by atoms with Crippen LogP contribution in [0, 0.1) is 0 Å². The maximum atomic E-state index is 11.8. The molecule has 1 N–H and O–H groups in total. The van der Waals surface area contributed by atoms with E-state index in [1.165, 1.54) is 0 Å².